The molecule has 0 atom stereocenters. The summed E-state index contributed by atoms with van der Waals surface area (Å²) in [6.45, 7) is 3.53. The number of para-hydroxylation sites is 1. The lowest BCUT2D eigenvalue weighted by Gasteiger charge is -2.13. The monoisotopic (exact) mass is 397 g/mol. The SMILES string of the molecule is CCc1cccc(CC)c1NC(=O)C(=O)N/N=C\c1ccc(OCC(=O)O)cc1. The molecule has 8 heteroatoms. The number of aliphatic carboxylic acids is 1. The summed E-state index contributed by atoms with van der Waals surface area (Å²) >= 11 is 0. The Balaban J connectivity index is 1.93. The van der Waals surface area contributed by atoms with Crippen LogP contribution in [0.5, 0.6) is 5.75 Å². The van der Waals surface area contributed by atoms with Gasteiger partial charge in [0.25, 0.3) is 0 Å². The zero-order chi connectivity index (χ0) is 21.2. The quantitative estimate of drug-likeness (QED) is 0.359. The van der Waals surface area contributed by atoms with Crippen LogP contribution >= 0.6 is 0 Å². The van der Waals surface area contributed by atoms with Gasteiger partial charge in [-0.05, 0) is 53.8 Å². The van der Waals surface area contributed by atoms with Crippen LogP contribution in [-0.4, -0.2) is 35.7 Å². The van der Waals surface area contributed by atoms with Gasteiger partial charge in [-0.3, -0.25) is 9.59 Å². The topological polar surface area (TPSA) is 117 Å². The average Bonchev–Trinajstić information content (AvgIpc) is 2.73. The third-order valence-corrected chi connectivity index (χ3v) is 4.07. The van der Waals surface area contributed by atoms with Gasteiger partial charge < -0.3 is 15.2 Å². The van der Waals surface area contributed by atoms with Gasteiger partial charge in [-0.25, -0.2) is 10.2 Å². The molecule has 8 nitrogen and oxygen atoms in total. The molecule has 0 saturated heterocycles. The highest BCUT2D eigenvalue weighted by atomic mass is 16.5. The van der Waals surface area contributed by atoms with E-state index in [2.05, 4.69) is 15.8 Å². The van der Waals surface area contributed by atoms with E-state index in [-0.39, 0.29) is 0 Å². The second-order valence-electron chi connectivity index (χ2n) is 6.06. The molecule has 0 heterocycles. The van der Waals surface area contributed by atoms with Crippen LogP contribution in [0, 0.1) is 0 Å². The molecule has 2 rings (SSSR count). The van der Waals surface area contributed by atoms with E-state index in [1.54, 1.807) is 24.3 Å². The smallest absolute Gasteiger partial charge is 0.341 e. The molecule has 0 aliphatic heterocycles. The largest absolute Gasteiger partial charge is 0.482 e. The standard InChI is InChI=1S/C21H23N3O5/c1-3-15-6-5-7-16(4-2)19(15)23-20(27)21(28)24-22-12-14-8-10-17(11-9-14)29-13-18(25)26/h5-12H,3-4,13H2,1-2H3,(H,23,27)(H,24,28)(H,25,26)/b22-12-. The highest BCUT2D eigenvalue weighted by Crippen LogP contribution is 2.22. The van der Waals surface area contributed by atoms with Crippen molar-refractivity contribution in [2.24, 2.45) is 5.10 Å². The molecule has 2 amide bonds. The van der Waals surface area contributed by atoms with Crippen molar-refractivity contribution in [2.45, 2.75) is 26.7 Å². The lowest BCUT2D eigenvalue weighted by molar-refractivity contribution is -0.139. The Labute approximate surface area is 168 Å². The van der Waals surface area contributed by atoms with Gasteiger partial charge in [-0.2, -0.15) is 5.10 Å². The first-order valence-corrected chi connectivity index (χ1v) is 9.14. The van der Waals surface area contributed by atoms with Crippen molar-refractivity contribution in [1.82, 2.24) is 5.43 Å². The Bertz CT molecular complexity index is 885. The molecule has 3 N–H and O–H groups in total. The Kier molecular flexibility index (Phi) is 7.90. The minimum absolute atomic E-state index is 0.397. The summed E-state index contributed by atoms with van der Waals surface area (Å²) in [6, 6.07) is 12.2. The number of nitrogens with one attached hydrogen (secondary N) is 2. The van der Waals surface area contributed by atoms with Crippen LogP contribution < -0.4 is 15.5 Å². The van der Waals surface area contributed by atoms with Crippen molar-refractivity contribution >= 4 is 29.7 Å². The Morgan fingerprint density at radius 2 is 1.62 bits per heavy atom. The van der Waals surface area contributed by atoms with Crippen LogP contribution in [0.2, 0.25) is 0 Å². The number of aryl methyl sites for hydroxylation is 2. The summed E-state index contributed by atoms with van der Waals surface area (Å²) in [5.74, 6) is -2.34. The predicted molar refractivity (Wildman–Crippen MR) is 109 cm³/mol. The molecule has 29 heavy (non-hydrogen) atoms. The van der Waals surface area contributed by atoms with Crippen molar-refractivity contribution in [3.8, 4) is 5.75 Å². The van der Waals surface area contributed by atoms with E-state index in [0.717, 1.165) is 24.0 Å². The highest BCUT2D eigenvalue weighted by molar-refractivity contribution is 6.39. The molecule has 152 valence electrons. The van der Waals surface area contributed by atoms with Crippen LogP contribution in [0.1, 0.15) is 30.5 Å². The summed E-state index contributed by atoms with van der Waals surface area (Å²) in [7, 11) is 0. The maximum absolute atomic E-state index is 12.2. The first-order chi connectivity index (χ1) is 13.9. The fourth-order valence-corrected chi connectivity index (χ4v) is 2.58. The van der Waals surface area contributed by atoms with Crippen molar-refractivity contribution in [2.75, 3.05) is 11.9 Å². The second-order valence-corrected chi connectivity index (χ2v) is 6.06. The van der Waals surface area contributed by atoms with Gasteiger partial charge in [-0.15, -0.1) is 0 Å². The minimum Gasteiger partial charge on any atom is -0.482 e. The molecular formula is C21H23N3O5. The molecule has 2 aromatic rings. The normalized spacial score (nSPS) is 10.6. The lowest BCUT2D eigenvalue weighted by Crippen LogP contribution is -2.33. The van der Waals surface area contributed by atoms with Gasteiger partial charge >= 0.3 is 17.8 Å². The summed E-state index contributed by atoms with van der Waals surface area (Å²) < 4.78 is 5.02. The molecule has 0 saturated carbocycles. The third kappa shape index (κ3) is 6.46. The molecule has 2 aromatic carbocycles. The van der Waals surface area contributed by atoms with E-state index in [1.807, 2.05) is 32.0 Å². The number of carbonyl (C=O) groups excluding carboxylic acids is 2. The number of carbonyl (C=O) groups is 3. The molecule has 0 unspecified atom stereocenters. The first kappa shape index (κ1) is 21.6. The van der Waals surface area contributed by atoms with Crippen molar-refractivity contribution in [1.29, 1.82) is 0 Å². The summed E-state index contributed by atoms with van der Waals surface area (Å²) in [5.41, 5.74) is 5.41. The molecule has 0 fully saturated rings. The molecule has 0 aliphatic rings. The highest BCUT2D eigenvalue weighted by Gasteiger charge is 2.16. The van der Waals surface area contributed by atoms with E-state index in [1.165, 1.54) is 6.21 Å². The Morgan fingerprint density at radius 1 is 1.00 bits per heavy atom. The van der Waals surface area contributed by atoms with Gasteiger partial charge in [0.2, 0.25) is 0 Å². The van der Waals surface area contributed by atoms with Gasteiger partial charge in [0.05, 0.1) is 6.21 Å². The van der Waals surface area contributed by atoms with Gasteiger partial charge in [-0.1, -0.05) is 32.0 Å². The first-order valence-electron chi connectivity index (χ1n) is 9.14. The number of rotatable bonds is 8. The zero-order valence-corrected chi connectivity index (χ0v) is 16.3. The number of hydrogen-bond donors (Lipinski definition) is 3. The van der Waals surface area contributed by atoms with Gasteiger partial charge in [0.1, 0.15) is 5.75 Å². The fraction of sp³-hybridized carbons (Fsp3) is 0.238. The molecule has 0 aromatic heterocycles. The van der Waals surface area contributed by atoms with Gasteiger partial charge in [0, 0.05) is 5.69 Å². The number of benzene rings is 2. The Hall–Kier alpha value is -3.68. The van der Waals surface area contributed by atoms with Crippen molar-refractivity contribution < 1.29 is 24.2 Å². The van der Waals surface area contributed by atoms with Crippen molar-refractivity contribution in [3.05, 3.63) is 59.2 Å². The summed E-state index contributed by atoms with van der Waals surface area (Å²) in [4.78, 5) is 34.7. The number of hydrazone groups is 1. The minimum atomic E-state index is -1.07. The van der Waals surface area contributed by atoms with Crippen LogP contribution in [-0.2, 0) is 27.2 Å². The molecule has 0 bridgehead atoms. The zero-order valence-electron chi connectivity index (χ0n) is 16.3. The van der Waals surface area contributed by atoms with E-state index in [0.29, 0.717) is 17.0 Å². The summed E-state index contributed by atoms with van der Waals surface area (Å²) in [6.07, 6.45) is 2.83. The summed E-state index contributed by atoms with van der Waals surface area (Å²) in [5, 5.41) is 15.0. The maximum atomic E-state index is 12.2. The maximum Gasteiger partial charge on any atom is 0.341 e. The number of hydrogen-bond acceptors (Lipinski definition) is 5. The number of anilines is 1. The molecule has 0 aliphatic carbocycles. The number of nitrogens with zero attached hydrogens (tertiary/aromatic N) is 1. The number of ether oxygens (including phenoxy) is 1. The number of amides is 2. The Morgan fingerprint density at radius 3 is 2.17 bits per heavy atom. The van der Waals surface area contributed by atoms with Gasteiger partial charge in [0.15, 0.2) is 6.61 Å². The van der Waals surface area contributed by atoms with Crippen molar-refractivity contribution in [3.63, 3.8) is 0 Å². The van der Waals surface area contributed by atoms with Crippen LogP contribution in [0.15, 0.2) is 47.6 Å². The molecule has 0 spiro atoms. The molecular weight excluding hydrogens is 374 g/mol. The van der Waals surface area contributed by atoms with Crippen LogP contribution in [0.3, 0.4) is 0 Å². The fourth-order valence-electron chi connectivity index (χ4n) is 2.58. The van der Waals surface area contributed by atoms with E-state index >= 15 is 0 Å². The van der Waals surface area contributed by atoms with Crippen LogP contribution in [0.25, 0.3) is 0 Å². The predicted octanol–water partition coefficient (Wildman–Crippen LogP) is 2.36. The lowest BCUT2D eigenvalue weighted by atomic mass is 10.0. The number of carboxylic acids is 1. The second kappa shape index (κ2) is 10.6. The van der Waals surface area contributed by atoms with E-state index in [4.69, 9.17) is 9.84 Å². The average molecular weight is 397 g/mol. The third-order valence-electron chi connectivity index (χ3n) is 4.07. The van der Waals surface area contributed by atoms with Crippen LogP contribution in [0.4, 0.5) is 5.69 Å². The van der Waals surface area contributed by atoms with E-state index in [9.17, 15) is 14.4 Å². The number of carboxylic acid groups (broad SMARTS) is 1. The van der Waals surface area contributed by atoms with E-state index < -0.39 is 24.4 Å². The molecule has 0 radical (unpaired) electrons.